The molecule has 1 aliphatic heterocycles. The number of fused-ring (bicyclic) bond motifs is 1. The Morgan fingerprint density at radius 1 is 1.19 bits per heavy atom. The number of likely N-dealkylation sites (tertiary alicyclic amines) is 1. The van der Waals surface area contributed by atoms with Gasteiger partial charge in [-0.15, -0.1) is 0 Å². The molecule has 0 bridgehead atoms. The van der Waals surface area contributed by atoms with Gasteiger partial charge in [0, 0.05) is 6.54 Å². The highest BCUT2D eigenvalue weighted by Crippen LogP contribution is 2.33. The summed E-state index contributed by atoms with van der Waals surface area (Å²) in [5, 5.41) is 0. The number of ether oxygens (including phenoxy) is 1. The van der Waals surface area contributed by atoms with Gasteiger partial charge < -0.3 is 14.1 Å². The van der Waals surface area contributed by atoms with Crippen LogP contribution in [-0.4, -0.2) is 33.5 Å². The molecule has 2 aromatic heterocycles. The van der Waals surface area contributed by atoms with Crippen LogP contribution < -0.4 is 4.74 Å². The number of hydrogen-bond acceptors (Lipinski definition) is 5. The first kappa shape index (κ1) is 19.8. The number of para-hydroxylation sites is 2. The number of hydrogen-bond donors (Lipinski definition) is 1. The van der Waals surface area contributed by atoms with Gasteiger partial charge in [0.1, 0.15) is 23.2 Å². The fraction of sp³-hybridized carbons (Fsp3) is 0.333. The molecule has 2 aromatic carbocycles. The summed E-state index contributed by atoms with van der Waals surface area (Å²) < 4.78 is 25.5. The zero-order valence-electron chi connectivity index (χ0n) is 17.7. The molecular formula is C24H25FN4O2. The molecule has 0 saturated carbocycles. The first-order valence-corrected chi connectivity index (χ1v) is 10.6. The number of aromatic nitrogens is 3. The van der Waals surface area contributed by atoms with E-state index in [1.54, 1.807) is 19.2 Å². The van der Waals surface area contributed by atoms with E-state index in [1.165, 1.54) is 6.07 Å². The lowest BCUT2D eigenvalue weighted by molar-refractivity contribution is 0.132. The Bertz CT molecular complexity index is 1180. The highest BCUT2D eigenvalue weighted by atomic mass is 19.1. The van der Waals surface area contributed by atoms with E-state index in [0.717, 1.165) is 48.4 Å². The van der Waals surface area contributed by atoms with E-state index in [1.807, 2.05) is 25.1 Å². The second-order valence-electron chi connectivity index (χ2n) is 7.99. The molecule has 0 aliphatic carbocycles. The average molecular weight is 420 g/mol. The number of halogens is 1. The summed E-state index contributed by atoms with van der Waals surface area (Å²) in [4.78, 5) is 15.3. The van der Waals surface area contributed by atoms with Crippen LogP contribution in [0.1, 0.15) is 42.6 Å². The molecular weight excluding hydrogens is 395 g/mol. The van der Waals surface area contributed by atoms with Crippen molar-refractivity contribution in [2.24, 2.45) is 0 Å². The van der Waals surface area contributed by atoms with Crippen LogP contribution in [0, 0.1) is 12.7 Å². The van der Waals surface area contributed by atoms with E-state index in [0.29, 0.717) is 23.6 Å². The Labute approximate surface area is 180 Å². The molecule has 1 atom stereocenters. The fourth-order valence-corrected chi connectivity index (χ4v) is 4.30. The van der Waals surface area contributed by atoms with Gasteiger partial charge in [-0.05, 0) is 56.6 Å². The van der Waals surface area contributed by atoms with Gasteiger partial charge in [-0.2, -0.15) is 0 Å². The van der Waals surface area contributed by atoms with Crippen molar-refractivity contribution in [1.82, 2.24) is 19.9 Å². The molecule has 0 spiro atoms. The van der Waals surface area contributed by atoms with E-state index < -0.39 is 0 Å². The van der Waals surface area contributed by atoms with Crippen molar-refractivity contribution in [2.45, 2.75) is 38.8 Å². The first-order valence-electron chi connectivity index (χ1n) is 10.6. The third-order valence-corrected chi connectivity index (χ3v) is 5.99. The Hall–Kier alpha value is -3.19. The smallest absolute Gasteiger partial charge is 0.229 e. The van der Waals surface area contributed by atoms with Crippen LogP contribution in [0.4, 0.5) is 4.39 Å². The Morgan fingerprint density at radius 2 is 2.06 bits per heavy atom. The summed E-state index contributed by atoms with van der Waals surface area (Å²) in [7, 11) is 1.55. The van der Waals surface area contributed by atoms with Crippen molar-refractivity contribution in [3.05, 3.63) is 65.6 Å². The number of H-pyrrole nitrogens is 1. The maximum absolute atomic E-state index is 14.4. The minimum atomic E-state index is -0.383. The Morgan fingerprint density at radius 3 is 2.90 bits per heavy atom. The summed E-state index contributed by atoms with van der Waals surface area (Å²) in [5.41, 5.74) is 3.16. The van der Waals surface area contributed by atoms with Crippen LogP contribution in [0.2, 0.25) is 0 Å². The quantitative estimate of drug-likeness (QED) is 0.468. The number of rotatable bonds is 5. The number of methoxy groups -OCH3 is 1. The minimum Gasteiger partial charge on any atom is -0.497 e. The molecule has 160 valence electrons. The third-order valence-electron chi connectivity index (χ3n) is 5.99. The van der Waals surface area contributed by atoms with E-state index in [2.05, 4.69) is 20.9 Å². The number of imidazole rings is 1. The molecule has 0 radical (unpaired) electrons. The first-order chi connectivity index (χ1) is 15.1. The lowest BCUT2D eigenvalue weighted by atomic mass is 10.0. The predicted octanol–water partition coefficient (Wildman–Crippen LogP) is 5.40. The molecule has 6 nitrogen and oxygen atoms in total. The molecule has 1 fully saturated rings. The summed E-state index contributed by atoms with van der Waals surface area (Å²) in [6.45, 7) is 3.46. The van der Waals surface area contributed by atoms with Gasteiger partial charge in [-0.25, -0.2) is 14.4 Å². The van der Waals surface area contributed by atoms with Crippen LogP contribution >= 0.6 is 0 Å². The lowest BCUT2D eigenvalue weighted by Crippen LogP contribution is -2.33. The minimum absolute atomic E-state index is 0.189. The molecule has 3 heterocycles. The largest absolute Gasteiger partial charge is 0.497 e. The number of aromatic amines is 1. The number of oxazole rings is 1. The summed E-state index contributed by atoms with van der Waals surface area (Å²) in [6.07, 6.45) is 3.33. The van der Waals surface area contributed by atoms with Crippen molar-refractivity contribution >= 4 is 11.0 Å². The molecule has 0 unspecified atom stereocenters. The Kier molecular flexibility index (Phi) is 5.19. The molecule has 0 amide bonds. The van der Waals surface area contributed by atoms with Crippen molar-refractivity contribution < 1.29 is 13.5 Å². The summed E-state index contributed by atoms with van der Waals surface area (Å²) in [5.74, 6) is 2.15. The van der Waals surface area contributed by atoms with Crippen molar-refractivity contribution in [1.29, 1.82) is 0 Å². The second-order valence-corrected chi connectivity index (χ2v) is 7.99. The van der Waals surface area contributed by atoms with E-state index in [9.17, 15) is 4.39 Å². The second kappa shape index (κ2) is 8.15. The Balaban J connectivity index is 1.43. The fourth-order valence-electron chi connectivity index (χ4n) is 4.30. The zero-order chi connectivity index (χ0) is 21.4. The standard InChI is InChI=1S/C24H25FN4O2/c1-15-21(28-24(31-15)17-13-16(30-2)10-11-18(17)25)14-29-12-6-5-9-22(29)23-26-19-7-3-4-8-20(19)27-23/h3-4,7-8,10-11,13,22H,5-6,9,12,14H2,1-2H3,(H,26,27)/t22-/m1/s1. The highest BCUT2D eigenvalue weighted by Gasteiger charge is 2.28. The molecule has 1 N–H and O–H groups in total. The predicted molar refractivity (Wildman–Crippen MR) is 116 cm³/mol. The monoisotopic (exact) mass is 420 g/mol. The zero-order valence-corrected chi connectivity index (χ0v) is 17.7. The molecule has 1 saturated heterocycles. The van der Waals surface area contributed by atoms with Gasteiger partial charge in [0.05, 0.1) is 35.4 Å². The normalized spacial score (nSPS) is 17.3. The highest BCUT2D eigenvalue weighted by molar-refractivity contribution is 5.74. The van der Waals surface area contributed by atoms with Crippen LogP contribution in [0.3, 0.4) is 0 Å². The number of nitrogens with zero attached hydrogens (tertiary/aromatic N) is 3. The third kappa shape index (κ3) is 3.81. The molecule has 7 heteroatoms. The van der Waals surface area contributed by atoms with E-state index in [4.69, 9.17) is 14.1 Å². The van der Waals surface area contributed by atoms with Gasteiger partial charge in [0.2, 0.25) is 5.89 Å². The number of aryl methyl sites for hydroxylation is 1. The van der Waals surface area contributed by atoms with Crippen molar-refractivity contribution in [3.63, 3.8) is 0 Å². The number of benzene rings is 2. The van der Waals surface area contributed by atoms with Gasteiger partial charge in [0.15, 0.2) is 0 Å². The average Bonchev–Trinajstić information content (AvgIpc) is 3.38. The van der Waals surface area contributed by atoms with E-state index >= 15 is 0 Å². The van der Waals surface area contributed by atoms with Gasteiger partial charge in [0.25, 0.3) is 0 Å². The van der Waals surface area contributed by atoms with Crippen LogP contribution in [0.15, 0.2) is 46.9 Å². The summed E-state index contributed by atoms with van der Waals surface area (Å²) >= 11 is 0. The van der Waals surface area contributed by atoms with Crippen LogP contribution in [0.5, 0.6) is 5.75 Å². The number of piperidine rings is 1. The van der Waals surface area contributed by atoms with E-state index in [-0.39, 0.29) is 17.7 Å². The maximum Gasteiger partial charge on any atom is 0.229 e. The van der Waals surface area contributed by atoms with Gasteiger partial charge >= 0.3 is 0 Å². The van der Waals surface area contributed by atoms with Crippen molar-refractivity contribution in [3.8, 4) is 17.2 Å². The van der Waals surface area contributed by atoms with Gasteiger partial charge in [-0.3, -0.25) is 4.90 Å². The van der Waals surface area contributed by atoms with Crippen molar-refractivity contribution in [2.75, 3.05) is 13.7 Å². The lowest BCUT2D eigenvalue weighted by Gasteiger charge is -2.34. The molecule has 4 aromatic rings. The number of nitrogens with one attached hydrogen (secondary N) is 1. The summed E-state index contributed by atoms with van der Waals surface area (Å²) in [6, 6.07) is 12.9. The van der Waals surface area contributed by atoms with Gasteiger partial charge in [-0.1, -0.05) is 18.6 Å². The van der Waals surface area contributed by atoms with Crippen LogP contribution in [0.25, 0.3) is 22.5 Å². The topological polar surface area (TPSA) is 67.2 Å². The SMILES string of the molecule is COc1ccc(F)c(-c2nc(CN3CCCC[C@@H]3c3nc4ccccc4[nH]3)c(C)o2)c1. The molecule has 1 aliphatic rings. The molecule has 31 heavy (non-hydrogen) atoms. The van der Waals surface area contributed by atoms with Crippen LogP contribution in [-0.2, 0) is 6.54 Å². The maximum atomic E-state index is 14.4. The molecule has 5 rings (SSSR count).